The number of aliphatic imine (C=N–C) groups is 1. The van der Waals surface area contributed by atoms with Crippen molar-refractivity contribution < 1.29 is 22.6 Å². The minimum Gasteiger partial charge on any atom is -0.492 e. The van der Waals surface area contributed by atoms with Crippen LogP contribution >= 0.6 is 24.0 Å². The maximum atomic E-state index is 12.6. The lowest BCUT2D eigenvalue weighted by Gasteiger charge is -2.15. The van der Waals surface area contributed by atoms with Gasteiger partial charge in [-0.3, -0.25) is 4.99 Å². The van der Waals surface area contributed by atoms with Crippen LogP contribution in [-0.2, 0) is 10.9 Å². The molecule has 0 bridgehead atoms. The van der Waals surface area contributed by atoms with Gasteiger partial charge in [0, 0.05) is 20.2 Å². The van der Waals surface area contributed by atoms with E-state index in [4.69, 9.17) is 9.47 Å². The molecule has 0 amide bonds. The van der Waals surface area contributed by atoms with Crippen LogP contribution in [0.4, 0.5) is 13.2 Å². The van der Waals surface area contributed by atoms with Crippen LogP contribution in [0.2, 0.25) is 0 Å². The molecule has 25 heavy (non-hydrogen) atoms. The number of rotatable bonds is 6. The summed E-state index contributed by atoms with van der Waals surface area (Å²) in [5.41, 5.74) is -0.720. The molecule has 142 valence electrons. The molecule has 1 fully saturated rings. The number of hydrogen-bond donors (Lipinski definition) is 2. The molecule has 1 saturated heterocycles. The summed E-state index contributed by atoms with van der Waals surface area (Å²) in [6, 6.07) is 4.83. The van der Waals surface area contributed by atoms with E-state index in [2.05, 4.69) is 15.6 Å². The largest absolute Gasteiger partial charge is 0.492 e. The molecule has 1 aromatic carbocycles. The van der Waals surface area contributed by atoms with Gasteiger partial charge in [-0.05, 0) is 31.0 Å². The molecular weight excluding hydrogens is 450 g/mol. The van der Waals surface area contributed by atoms with Gasteiger partial charge in [0.15, 0.2) is 5.96 Å². The fourth-order valence-corrected chi connectivity index (χ4v) is 2.34. The minimum atomic E-state index is -4.37. The number of hydrogen-bond acceptors (Lipinski definition) is 3. The Kier molecular flexibility index (Phi) is 9.33. The lowest BCUT2D eigenvalue weighted by molar-refractivity contribution is -0.137. The van der Waals surface area contributed by atoms with E-state index in [1.165, 1.54) is 12.1 Å². The molecule has 0 aliphatic carbocycles. The molecule has 0 saturated carbocycles. The smallest absolute Gasteiger partial charge is 0.416 e. The highest BCUT2D eigenvalue weighted by atomic mass is 127. The molecule has 1 unspecified atom stereocenters. The number of alkyl halides is 3. The van der Waals surface area contributed by atoms with E-state index in [0.717, 1.165) is 31.6 Å². The van der Waals surface area contributed by atoms with E-state index < -0.39 is 11.7 Å². The summed E-state index contributed by atoms with van der Waals surface area (Å²) in [6.07, 6.45) is -2.07. The van der Waals surface area contributed by atoms with Crippen LogP contribution in [0, 0.1) is 0 Å². The zero-order chi connectivity index (χ0) is 17.4. The molecule has 2 rings (SSSR count). The Morgan fingerprint density at radius 3 is 2.80 bits per heavy atom. The van der Waals surface area contributed by atoms with E-state index >= 15 is 0 Å². The first-order valence-electron chi connectivity index (χ1n) is 7.85. The van der Waals surface area contributed by atoms with Crippen LogP contribution in [0.1, 0.15) is 18.4 Å². The van der Waals surface area contributed by atoms with Gasteiger partial charge in [0.25, 0.3) is 0 Å². The maximum Gasteiger partial charge on any atom is 0.416 e. The molecule has 1 aliphatic heterocycles. The van der Waals surface area contributed by atoms with E-state index in [1.54, 1.807) is 7.05 Å². The number of guanidine groups is 1. The van der Waals surface area contributed by atoms with Crippen LogP contribution in [0.5, 0.6) is 5.75 Å². The Morgan fingerprint density at radius 2 is 2.16 bits per heavy atom. The molecule has 1 heterocycles. The molecule has 2 N–H and O–H groups in total. The molecule has 1 aromatic rings. The summed E-state index contributed by atoms with van der Waals surface area (Å²) in [5, 5.41) is 6.19. The number of halogens is 4. The Hall–Kier alpha value is -1.23. The summed E-state index contributed by atoms with van der Waals surface area (Å²) in [5.74, 6) is 0.798. The van der Waals surface area contributed by atoms with Gasteiger partial charge in [-0.1, -0.05) is 6.07 Å². The Labute approximate surface area is 162 Å². The number of nitrogens with zero attached hydrogens (tertiary/aromatic N) is 1. The molecule has 5 nitrogen and oxygen atoms in total. The summed E-state index contributed by atoms with van der Waals surface area (Å²) >= 11 is 0. The average molecular weight is 473 g/mol. The van der Waals surface area contributed by atoms with E-state index in [0.29, 0.717) is 19.0 Å². The predicted octanol–water partition coefficient (Wildman–Crippen LogP) is 3.05. The van der Waals surface area contributed by atoms with Crippen molar-refractivity contribution in [3.63, 3.8) is 0 Å². The normalized spacial score (nSPS) is 17.8. The van der Waals surface area contributed by atoms with Crippen molar-refractivity contribution in [1.82, 2.24) is 10.6 Å². The average Bonchev–Trinajstić information content (AvgIpc) is 3.07. The lowest BCUT2D eigenvalue weighted by atomic mass is 10.2. The topological polar surface area (TPSA) is 54.9 Å². The fraction of sp³-hybridized carbons (Fsp3) is 0.562. The van der Waals surface area contributed by atoms with Gasteiger partial charge in [0.05, 0.1) is 18.2 Å². The second-order valence-corrected chi connectivity index (χ2v) is 5.39. The summed E-state index contributed by atoms with van der Waals surface area (Å²) in [4.78, 5) is 4.07. The predicted molar refractivity (Wildman–Crippen MR) is 101 cm³/mol. The Morgan fingerprint density at radius 1 is 1.36 bits per heavy atom. The highest BCUT2D eigenvalue weighted by molar-refractivity contribution is 14.0. The van der Waals surface area contributed by atoms with Crippen molar-refractivity contribution in [2.24, 2.45) is 4.99 Å². The minimum absolute atomic E-state index is 0. The molecule has 0 radical (unpaired) electrons. The zero-order valence-corrected chi connectivity index (χ0v) is 16.3. The molecule has 0 spiro atoms. The third-order valence-corrected chi connectivity index (χ3v) is 3.57. The van der Waals surface area contributed by atoms with Gasteiger partial charge in [0.2, 0.25) is 0 Å². The molecule has 1 atom stereocenters. The van der Waals surface area contributed by atoms with E-state index in [1.807, 2.05) is 0 Å². The van der Waals surface area contributed by atoms with E-state index in [9.17, 15) is 13.2 Å². The van der Waals surface area contributed by atoms with Crippen molar-refractivity contribution in [3.8, 4) is 5.75 Å². The summed E-state index contributed by atoms with van der Waals surface area (Å²) in [7, 11) is 1.65. The van der Waals surface area contributed by atoms with Gasteiger partial charge in [-0.2, -0.15) is 13.2 Å². The van der Waals surface area contributed by atoms with E-state index in [-0.39, 0.29) is 42.4 Å². The monoisotopic (exact) mass is 473 g/mol. The van der Waals surface area contributed by atoms with Crippen LogP contribution in [0.25, 0.3) is 0 Å². The quantitative estimate of drug-likeness (QED) is 0.289. The fourth-order valence-electron chi connectivity index (χ4n) is 2.34. The molecule has 9 heteroatoms. The standard InChI is InChI=1S/C16H22F3N3O2.HI/c1-20-15(22-11-14-6-3-8-23-14)21-7-9-24-13-5-2-4-12(10-13)16(17,18)19;/h2,4-5,10,14H,3,6-9,11H2,1H3,(H2,20,21,22);1H. The summed E-state index contributed by atoms with van der Waals surface area (Å²) in [6.45, 7) is 2.11. The maximum absolute atomic E-state index is 12.6. The van der Waals surface area contributed by atoms with Crippen molar-refractivity contribution >= 4 is 29.9 Å². The lowest BCUT2D eigenvalue weighted by Crippen LogP contribution is -2.42. The van der Waals surface area contributed by atoms with Crippen LogP contribution < -0.4 is 15.4 Å². The van der Waals surface area contributed by atoms with Crippen LogP contribution in [-0.4, -0.2) is 45.4 Å². The number of ether oxygens (including phenoxy) is 2. The second-order valence-electron chi connectivity index (χ2n) is 5.39. The molecular formula is C16H23F3IN3O2. The van der Waals surface area contributed by atoms with Gasteiger partial charge < -0.3 is 20.1 Å². The van der Waals surface area contributed by atoms with Gasteiger partial charge in [-0.15, -0.1) is 24.0 Å². The number of benzene rings is 1. The third-order valence-electron chi connectivity index (χ3n) is 3.57. The Balaban J connectivity index is 0.00000312. The first-order valence-corrected chi connectivity index (χ1v) is 7.85. The highest BCUT2D eigenvalue weighted by Gasteiger charge is 2.30. The SMILES string of the molecule is CN=C(NCCOc1cccc(C(F)(F)F)c1)NCC1CCCO1.I. The summed E-state index contributed by atoms with van der Waals surface area (Å²) < 4.78 is 48.7. The third kappa shape index (κ3) is 7.68. The molecule has 1 aliphatic rings. The van der Waals surface area contributed by atoms with Gasteiger partial charge >= 0.3 is 6.18 Å². The zero-order valence-electron chi connectivity index (χ0n) is 13.9. The van der Waals surface area contributed by atoms with Gasteiger partial charge in [0.1, 0.15) is 12.4 Å². The van der Waals surface area contributed by atoms with Crippen molar-refractivity contribution in [1.29, 1.82) is 0 Å². The van der Waals surface area contributed by atoms with Crippen molar-refractivity contribution in [2.45, 2.75) is 25.1 Å². The first-order chi connectivity index (χ1) is 11.5. The second kappa shape index (κ2) is 10.7. The Bertz CT molecular complexity index is 550. The molecule has 0 aromatic heterocycles. The van der Waals surface area contributed by atoms with Gasteiger partial charge in [-0.25, -0.2) is 0 Å². The van der Waals surface area contributed by atoms with Crippen molar-refractivity contribution in [3.05, 3.63) is 29.8 Å². The van der Waals surface area contributed by atoms with Crippen molar-refractivity contribution in [2.75, 3.05) is 33.4 Å². The van der Waals surface area contributed by atoms with Crippen LogP contribution in [0.15, 0.2) is 29.3 Å². The number of nitrogens with one attached hydrogen (secondary N) is 2. The first kappa shape index (κ1) is 21.8. The highest BCUT2D eigenvalue weighted by Crippen LogP contribution is 2.31. The van der Waals surface area contributed by atoms with Crippen LogP contribution in [0.3, 0.4) is 0 Å².